The van der Waals surface area contributed by atoms with Crippen LogP contribution in [0.15, 0.2) is 71.8 Å². The van der Waals surface area contributed by atoms with Gasteiger partial charge in [-0.05, 0) is 71.4 Å². The lowest BCUT2D eigenvalue weighted by Crippen LogP contribution is -2.41. The maximum absolute atomic E-state index is 12.6. The van der Waals surface area contributed by atoms with E-state index in [1.54, 1.807) is 0 Å². The highest BCUT2D eigenvalue weighted by Gasteiger charge is 2.53. The second kappa shape index (κ2) is 6.89. The van der Waals surface area contributed by atoms with E-state index in [2.05, 4.69) is 54.4 Å². The lowest BCUT2D eigenvalue weighted by molar-refractivity contribution is -0.117. The van der Waals surface area contributed by atoms with E-state index in [4.69, 9.17) is 10.5 Å². The Balaban J connectivity index is 1.35. The van der Waals surface area contributed by atoms with Crippen molar-refractivity contribution < 1.29 is 9.53 Å². The molecule has 158 valence electrons. The molecular formula is C27H28N2O2. The van der Waals surface area contributed by atoms with Crippen LogP contribution in [0.4, 0.5) is 0 Å². The molecule has 0 bridgehead atoms. The van der Waals surface area contributed by atoms with Crippen molar-refractivity contribution >= 4 is 16.6 Å². The molecule has 1 aromatic carbocycles. The molecule has 5 atom stereocenters. The van der Waals surface area contributed by atoms with Crippen LogP contribution in [-0.2, 0) is 9.53 Å². The summed E-state index contributed by atoms with van der Waals surface area (Å²) in [5.74, 6) is 2.11. The van der Waals surface area contributed by atoms with E-state index >= 15 is 0 Å². The molecule has 4 aliphatic rings. The van der Waals surface area contributed by atoms with Crippen LogP contribution >= 0.6 is 0 Å². The smallest absolute Gasteiger partial charge is 0.166 e. The summed E-state index contributed by atoms with van der Waals surface area (Å²) >= 11 is 0. The number of carbonyl (C=O) groups excluding carboxylic acids is 1. The monoisotopic (exact) mass is 412 g/mol. The van der Waals surface area contributed by atoms with Crippen molar-refractivity contribution in [2.24, 2.45) is 23.0 Å². The molecule has 1 aliphatic heterocycles. The largest absolute Gasteiger partial charge is 0.489 e. The fourth-order valence-electron chi connectivity index (χ4n) is 6.40. The number of hydrogen-bond acceptors (Lipinski definition) is 4. The van der Waals surface area contributed by atoms with E-state index in [1.807, 2.05) is 12.4 Å². The van der Waals surface area contributed by atoms with Crippen LogP contribution in [0.1, 0.15) is 44.1 Å². The number of pyridine rings is 1. The number of hydrogen-bond donors (Lipinski definition) is 1. The zero-order valence-electron chi connectivity index (χ0n) is 17.9. The molecule has 3 aliphatic carbocycles. The third kappa shape index (κ3) is 2.85. The molecule has 1 aromatic heterocycles. The van der Waals surface area contributed by atoms with Gasteiger partial charge >= 0.3 is 0 Å². The number of benzene rings is 1. The molecule has 1 saturated carbocycles. The van der Waals surface area contributed by atoms with Crippen LogP contribution in [0, 0.1) is 17.3 Å². The second-order valence-electron chi connectivity index (χ2n) is 9.87. The Morgan fingerprint density at radius 1 is 1.19 bits per heavy atom. The number of allylic oxidation sites excluding steroid dienone is 4. The molecule has 2 heterocycles. The molecule has 2 aromatic rings. The van der Waals surface area contributed by atoms with Crippen LogP contribution in [0.2, 0.25) is 0 Å². The fraction of sp³-hybridized carbons (Fsp3) is 0.407. The van der Waals surface area contributed by atoms with Crippen LogP contribution in [0.5, 0.6) is 0 Å². The van der Waals surface area contributed by atoms with Crippen molar-refractivity contribution in [1.82, 2.24) is 4.98 Å². The zero-order valence-corrected chi connectivity index (χ0v) is 17.9. The third-order valence-corrected chi connectivity index (χ3v) is 8.17. The van der Waals surface area contributed by atoms with Crippen LogP contribution < -0.4 is 5.73 Å². The van der Waals surface area contributed by atoms with Crippen molar-refractivity contribution in [3.05, 3.63) is 77.4 Å². The predicted molar refractivity (Wildman–Crippen MR) is 121 cm³/mol. The summed E-state index contributed by atoms with van der Waals surface area (Å²) in [4.78, 5) is 16.9. The summed E-state index contributed by atoms with van der Waals surface area (Å²) in [6.07, 6.45) is 14.1. The van der Waals surface area contributed by atoms with Gasteiger partial charge in [-0.3, -0.25) is 9.78 Å². The SMILES string of the molecule is C[C@]12C=CC3=CC4=C(CC(CN)CC4=O)O[C@H]3C1CC[C@@H]2c1ccc2ccncc2c1. The first-order chi connectivity index (χ1) is 15.1. The van der Waals surface area contributed by atoms with Gasteiger partial charge in [0.2, 0.25) is 0 Å². The van der Waals surface area contributed by atoms with Gasteiger partial charge in [-0.15, -0.1) is 0 Å². The standard InChI is InChI=1S/C27H28N2O2/c1-27-8-6-19-13-21-24(30)10-16(14-28)11-25(21)31-26(19)23(27)5-4-22(27)18-3-2-17-7-9-29-15-20(17)12-18/h2-3,6-9,12-13,15-16,22-23,26H,4-5,10-11,14,28H2,1H3/t16?,22-,23?,26-,27-/m1/s1. The minimum atomic E-state index is 0.0297. The number of ether oxygens (including phenoxy) is 1. The Morgan fingerprint density at radius 3 is 2.97 bits per heavy atom. The van der Waals surface area contributed by atoms with E-state index in [0.29, 0.717) is 24.8 Å². The molecule has 0 spiro atoms. The number of aromatic nitrogens is 1. The lowest BCUT2D eigenvalue weighted by atomic mass is 9.64. The van der Waals surface area contributed by atoms with Gasteiger partial charge in [0.15, 0.2) is 5.78 Å². The molecule has 0 saturated heterocycles. The average molecular weight is 413 g/mol. The molecule has 6 rings (SSSR count). The molecule has 4 heteroatoms. The molecule has 31 heavy (non-hydrogen) atoms. The number of nitrogens with two attached hydrogens (primary N) is 1. The highest BCUT2D eigenvalue weighted by Crippen LogP contribution is 2.59. The van der Waals surface area contributed by atoms with Gasteiger partial charge in [0.05, 0.1) is 5.57 Å². The number of carbonyl (C=O) groups is 1. The number of nitrogens with zero attached hydrogens (tertiary/aromatic N) is 1. The topological polar surface area (TPSA) is 65.2 Å². The Kier molecular flexibility index (Phi) is 4.23. The summed E-state index contributed by atoms with van der Waals surface area (Å²) in [6.45, 7) is 2.92. The number of ketones is 1. The molecular weight excluding hydrogens is 384 g/mol. The molecule has 0 amide bonds. The van der Waals surface area contributed by atoms with Crippen molar-refractivity contribution in [3.63, 3.8) is 0 Å². The predicted octanol–water partition coefficient (Wildman–Crippen LogP) is 4.82. The molecule has 2 unspecified atom stereocenters. The average Bonchev–Trinajstić information content (AvgIpc) is 3.15. The first-order valence-electron chi connectivity index (χ1n) is 11.4. The number of rotatable bonds is 2. The van der Waals surface area contributed by atoms with Crippen LogP contribution in [0.3, 0.4) is 0 Å². The summed E-state index contributed by atoms with van der Waals surface area (Å²) in [5.41, 5.74) is 9.23. The van der Waals surface area contributed by atoms with E-state index in [1.165, 1.54) is 16.3 Å². The fourth-order valence-corrected chi connectivity index (χ4v) is 6.40. The number of fused-ring (bicyclic) bond motifs is 4. The van der Waals surface area contributed by atoms with E-state index in [-0.39, 0.29) is 23.2 Å². The Bertz CT molecular complexity index is 1180. The maximum Gasteiger partial charge on any atom is 0.166 e. The van der Waals surface area contributed by atoms with Crippen molar-refractivity contribution in [3.8, 4) is 0 Å². The normalized spacial score (nSPS) is 34.1. The first kappa shape index (κ1) is 19.0. The van der Waals surface area contributed by atoms with Gasteiger partial charge in [-0.1, -0.05) is 31.2 Å². The first-order valence-corrected chi connectivity index (χ1v) is 11.4. The molecule has 0 radical (unpaired) electrons. The van der Waals surface area contributed by atoms with Gasteiger partial charge in [0.25, 0.3) is 0 Å². The molecule has 4 nitrogen and oxygen atoms in total. The number of Topliss-reactive ketones (excluding diaryl/α,β-unsaturated/α-hetero) is 1. The van der Waals surface area contributed by atoms with Gasteiger partial charge in [0, 0.05) is 36.5 Å². The van der Waals surface area contributed by atoms with Gasteiger partial charge in [0.1, 0.15) is 11.9 Å². The Hall–Kier alpha value is -2.72. The van der Waals surface area contributed by atoms with Crippen molar-refractivity contribution in [2.75, 3.05) is 6.54 Å². The lowest BCUT2D eigenvalue weighted by Gasteiger charge is -2.45. The van der Waals surface area contributed by atoms with Gasteiger partial charge < -0.3 is 10.5 Å². The minimum Gasteiger partial charge on any atom is -0.489 e. The summed E-state index contributed by atoms with van der Waals surface area (Å²) in [5, 5.41) is 2.43. The van der Waals surface area contributed by atoms with E-state index in [0.717, 1.165) is 36.2 Å². The third-order valence-electron chi connectivity index (χ3n) is 8.17. The van der Waals surface area contributed by atoms with Crippen molar-refractivity contribution in [1.29, 1.82) is 0 Å². The van der Waals surface area contributed by atoms with Crippen molar-refractivity contribution in [2.45, 2.75) is 44.6 Å². The molecule has 1 fully saturated rings. The summed E-state index contributed by atoms with van der Waals surface area (Å²) in [7, 11) is 0. The van der Waals surface area contributed by atoms with Crippen LogP contribution in [0.25, 0.3) is 10.8 Å². The highest BCUT2D eigenvalue weighted by molar-refractivity contribution is 6.00. The maximum atomic E-state index is 12.6. The second-order valence-corrected chi connectivity index (χ2v) is 9.87. The molecule has 2 N–H and O–H groups in total. The van der Waals surface area contributed by atoms with E-state index < -0.39 is 0 Å². The van der Waals surface area contributed by atoms with Gasteiger partial charge in [-0.25, -0.2) is 0 Å². The minimum absolute atomic E-state index is 0.0297. The Morgan fingerprint density at radius 2 is 2.10 bits per heavy atom. The highest BCUT2D eigenvalue weighted by atomic mass is 16.5. The zero-order chi connectivity index (χ0) is 21.2. The van der Waals surface area contributed by atoms with Crippen LogP contribution in [-0.4, -0.2) is 23.4 Å². The Labute approximate surface area is 182 Å². The summed E-state index contributed by atoms with van der Waals surface area (Å²) in [6, 6.07) is 8.88. The quantitative estimate of drug-likeness (QED) is 0.768. The van der Waals surface area contributed by atoms with Gasteiger partial charge in [-0.2, -0.15) is 0 Å². The van der Waals surface area contributed by atoms with E-state index in [9.17, 15) is 4.79 Å². The summed E-state index contributed by atoms with van der Waals surface area (Å²) < 4.78 is 6.60.